The van der Waals surface area contributed by atoms with Crippen molar-refractivity contribution in [3.8, 4) is 0 Å². The smallest absolute Gasteiger partial charge is 0.340 e. The van der Waals surface area contributed by atoms with Gasteiger partial charge in [-0.1, -0.05) is 72.3 Å². The van der Waals surface area contributed by atoms with Crippen LogP contribution in [0.1, 0.15) is 34.5 Å². The summed E-state index contributed by atoms with van der Waals surface area (Å²) in [4.78, 5) is 24.7. The van der Waals surface area contributed by atoms with Crippen LogP contribution in [0.25, 0.3) is 0 Å². The van der Waals surface area contributed by atoms with E-state index in [-0.39, 0.29) is 28.1 Å². The zero-order valence-electron chi connectivity index (χ0n) is 18.8. The lowest BCUT2D eigenvalue weighted by Crippen LogP contribution is -2.31. The zero-order chi connectivity index (χ0) is 24.7. The number of hydrogen-bond donors (Lipinski definition) is 1. The summed E-state index contributed by atoms with van der Waals surface area (Å²) in [5.74, 6) is -1.39. The van der Waals surface area contributed by atoms with Gasteiger partial charge in [0, 0.05) is 13.6 Å². The highest BCUT2D eigenvalue weighted by molar-refractivity contribution is 7.89. The van der Waals surface area contributed by atoms with Gasteiger partial charge in [0.1, 0.15) is 0 Å². The third-order valence-electron chi connectivity index (χ3n) is 5.13. The number of carbonyl (C=O) groups is 2. The summed E-state index contributed by atoms with van der Waals surface area (Å²) < 4.78 is 32.3. The highest BCUT2D eigenvalue weighted by atomic mass is 35.5. The number of rotatable bonds is 9. The fourth-order valence-corrected chi connectivity index (χ4v) is 4.62. The Hall–Kier alpha value is -3.20. The fourth-order valence-electron chi connectivity index (χ4n) is 3.24. The number of esters is 1. The molecule has 34 heavy (non-hydrogen) atoms. The number of benzene rings is 3. The Balaban J connectivity index is 1.66. The fraction of sp³-hybridized carbons (Fsp3) is 0.200. The van der Waals surface area contributed by atoms with Crippen molar-refractivity contribution in [2.45, 2.75) is 24.4 Å². The second-order valence-corrected chi connectivity index (χ2v) is 10.1. The van der Waals surface area contributed by atoms with E-state index in [0.29, 0.717) is 0 Å². The van der Waals surface area contributed by atoms with Gasteiger partial charge in [0.2, 0.25) is 10.0 Å². The van der Waals surface area contributed by atoms with Crippen LogP contribution in [-0.2, 0) is 26.1 Å². The lowest BCUT2D eigenvalue weighted by atomic mass is 10.1. The van der Waals surface area contributed by atoms with E-state index in [1.54, 1.807) is 0 Å². The first-order valence-electron chi connectivity index (χ1n) is 10.5. The largest absolute Gasteiger partial charge is 0.452 e. The molecule has 9 heteroatoms. The standard InChI is InChI=1S/C25H25ClN2O5S/c1-18(20-11-7-4-8-12-20)27-24(29)17-33-25(30)22-15-21(13-14-23(22)26)34(31,32)28(2)16-19-9-5-3-6-10-19/h3-15,18H,16-17H2,1-2H3,(H,27,29). The van der Waals surface area contributed by atoms with Crippen LogP contribution in [0.15, 0.2) is 83.8 Å². The summed E-state index contributed by atoms with van der Waals surface area (Å²) in [6, 6.07) is 22.0. The number of amides is 1. The van der Waals surface area contributed by atoms with E-state index in [1.807, 2.05) is 67.6 Å². The maximum absolute atomic E-state index is 13.0. The van der Waals surface area contributed by atoms with E-state index in [0.717, 1.165) is 17.2 Å². The first kappa shape index (κ1) is 25.4. The van der Waals surface area contributed by atoms with Crippen LogP contribution in [0, 0.1) is 0 Å². The van der Waals surface area contributed by atoms with Crippen molar-refractivity contribution in [2.24, 2.45) is 0 Å². The molecule has 0 aliphatic carbocycles. The molecule has 0 saturated heterocycles. The van der Waals surface area contributed by atoms with Crippen molar-refractivity contribution < 1.29 is 22.7 Å². The maximum Gasteiger partial charge on any atom is 0.340 e. The van der Waals surface area contributed by atoms with Gasteiger partial charge in [-0.05, 0) is 36.2 Å². The van der Waals surface area contributed by atoms with Gasteiger partial charge >= 0.3 is 5.97 Å². The van der Waals surface area contributed by atoms with Crippen molar-refractivity contribution in [1.82, 2.24) is 9.62 Å². The highest BCUT2D eigenvalue weighted by Crippen LogP contribution is 2.24. The van der Waals surface area contributed by atoms with E-state index >= 15 is 0 Å². The monoisotopic (exact) mass is 500 g/mol. The molecule has 178 valence electrons. The third-order valence-corrected chi connectivity index (χ3v) is 7.25. The minimum Gasteiger partial charge on any atom is -0.452 e. The van der Waals surface area contributed by atoms with Gasteiger partial charge in [0.25, 0.3) is 5.91 Å². The number of carbonyl (C=O) groups excluding carboxylic acids is 2. The molecule has 0 aliphatic heterocycles. The van der Waals surface area contributed by atoms with Crippen LogP contribution in [0.5, 0.6) is 0 Å². The Morgan fingerprint density at radius 3 is 2.26 bits per heavy atom. The molecule has 0 aliphatic rings. The lowest BCUT2D eigenvalue weighted by molar-refractivity contribution is -0.124. The van der Waals surface area contributed by atoms with E-state index < -0.39 is 28.5 Å². The molecule has 0 fully saturated rings. The van der Waals surface area contributed by atoms with Gasteiger partial charge < -0.3 is 10.1 Å². The molecule has 1 amide bonds. The van der Waals surface area contributed by atoms with Crippen molar-refractivity contribution in [2.75, 3.05) is 13.7 Å². The number of nitrogens with one attached hydrogen (secondary N) is 1. The van der Waals surface area contributed by atoms with E-state index in [1.165, 1.54) is 23.5 Å². The molecule has 0 aromatic heterocycles. The molecule has 0 heterocycles. The topological polar surface area (TPSA) is 92.8 Å². The molecule has 7 nitrogen and oxygen atoms in total. The second kappa shape index (κ2) is 11.3. The summed E-state index contributed by atoms with van der Waals surface area (Å²) in [5, 5.41) is 2.76. The van der Waals surface area contributed by atoms with Gasteiger partial charge in [0.15, 0.2) is 6.61 Å². The van der Waals surface area contributed by atoms with Crippen LogP contribution in [0.2, 0.25) is 5.02 Å². The molecule has 1 unspecified atom stereocenters. The van der Waals surface area contributed by atoms with Crippen molar-refractivity contribution in [3.63, 3.8) is 0 Å². The molecule has 3 aromatic rings. The van der Waals surface area contributed by atoms with E-state index in [9.17, 15) is 18.0 Å². The zero-order valence-corrected chi connectivity index (χ0v) is 20.3. The first-order valence-corrected chi connectivity index (χ1v) is 12.3. The maximum atomic E-state index is 13.0. The summed E-state index contributed by atoms with van der Waals surface area (Å²) in [6.45, 7) is 1.44. The minimum absolute atomic E-state index is 0.0210. The van der Waals surface area contributed by atoms with Crippen LogP contribution in [-0.4, -0.2) is 38.3 Å². The predicted molar refractivity (Wildman–Crippen MR) is 130 cm³/mol. The Labute approximate surface area is 204 Å². The predicted octanol–water partition coefficient (Wildman–Crippen LogP) is 4.19. The van der Waals surface area contributed by atoms with Crippen LogP contribution in [0.4, 0.5) is 0 Å². The van der Waals surface area contributed by atoms with E-state index in [4.69, 9.17) is 16.3 Å². The Bertz CT molecular complexity index is 1250. The van der Waals surface area contributed by atoms with Crippen LogP contribution >= 0.6 is 11.6 Å². The van der Waals surface area contributed by atoms with Crippen molar-refractivity contribution in [1.29, 1.82) is 0 Å². The van der Waals surface area contributed by atoms with Crippen molar-refractivity contribution >= 4 is 33.5 Å². The normalized spacial score (nSPS) is 12.2. The molecule has 0 radical (unpaired) electrons. The number of nitrogens with zero attached hydrogens (tertiary/aromatic N) is 1. The summed E-state index contributed by atoms with van der Waals surface area (Å²) in [5.41, 5.74) is 1.58. The van der Waals surface area contributed by atoms with E-state index in [2.05, 4.69) is 5.32 Å². The minimum atomic E-state index is -3.90. The Morgan fingerprint density at radius 2 is 1.62 bits per heavy atom. The Morgan fingerprint density at radius 1 is 1.00 bits per heavy atom. The SMILES string of the molecule is CC(NC(=O)COC(=O)c1cc(S(=O)(=O)N(C)Cc2ccccc2)ccc1Cl)c1ccccc1. The quantitative estimate of drug-likeness (QED) is 0.444. The lowest BCUT2D eigenvalue weighted by Gasteiger charge is -2.18. The molecule has 1 N–H and O–H groups in total. The summed E-state index contributed by atoms with van der Waals surface area (Å²) in [6.07, 6.45) is 0. The molecular weight excluding hydrogens is 476 g/mol. The highest BCUT2D eigenvalue weighted by Gasteiger charge is 2.24. The number of ether oxygens (including phenoxy) is 1. The molecule has 0 saturated carbocycles. The molecule has 0 spiro atoms. The van der Waals surface area contributed by atoms with Crippen molar-refractivity contribution in [3.05, 3.63) is 101 Å². The second-order valence-electron chi connectivity index (χ2n) is 7.66. The Kier molecular flexibility index (Phi) is 8.44. The average Bonchev–Trinajstić information content (AvgIpc) is 2.83. The van der Waals surface area contributed by atoms with Gasteiger partial charge in [-0.25, -0.2) is 13.2 Å². The molecule has 0 bridgehead atoms. The summed E-state index contributed by atoms with van der Waals surface area (Å²) in [7, 11) is -2.45. The average molecular weight is 501 g/mol. The van der Waals surface area contributed by atoms with Crippen LogP contribution in [0.3, 0.4) is 0 Å². The number of sulfonamides is 1. The van der Waals surface area contributed by atoms with Gasteiger partial charge in [0.05, 0.1) is 21.5 Å². The first-order chi connectivity index (χ1) is 16.2. The van der Waals surface area contributed by atoms with Gasteiger partial charge in [-0.2, -0.15) is 4.31 Å². The molecule has 3 aromatic carbocycles. The molecule has 3 rings (SSSR count). The number of halogens is 1. The molecular formula is C25H25ClN2O5S. The van der Waals surface area contributed by atoms with Gasteiger partial charge in [-0.15, -0.1) is 0 Å². The van der Waals surface area contributed by atoms with Crippen LogP contribution < -0.4 is 5.32 Å². The molecule has 1 atom stereocenters. The third kappa shape index (κ3) is 6.44. The number of hydrogen-bond acceptors (Lipinski definition) is 5. The summed E-state index contributed by atoms with van der Waals surface area (Å²) >= 11 is 6.12. The van der Waals surface area contributed by atoms with Gasteiger partial charge in [-0.3, -0.25) is 4.79 Å².